The van der Waals surface area contributed by atoms with Gasteiger partial charge in [-0.15, -0.1) is 0 Å². The molecule has 16 heavy (non-hydrogen) atoms. The third-order valence-corrected chi connectivity index (χ3v) is 2.73. The normalized spacial score (nSPS) is 16.6. The van der Waals surface area contributed by atoms with E-state index >= 15 is 0 Å². The van der Waals surface area contributed by atoms with Crippen molar-refractivity contribution >= 4 is 5.97 Å². The molecule has 0 aliphatic carbocycles. The Balaban J connectivity index is 4.28. The maximum Gasteiger partial charge on any atom is 0.340 e. The monoisotopic (exact) mass is 232 g/mol. The molecule has 0 saturated heterocycles. The number of aliphatic hydroxyl groups excluding tert-OH is 1. The molecule has 2 atom stereocenters. The highest BCUT2D eigenvalue weighted by molar-refractivity contribution is 5.80. The highest BCUT2D eigenvalue weighted by Crippen LogP contribution is 2.21. The Bertz CT molecular complexity index is 203. The number of aliphatic hydroxyl groups is 2. The largest absolute Gasteiger partial charge is 0.464 e. The highest BCUT2D eigenvalue weighted by atomic mass is 16.6. The van der Waals surface area contributed by atoms with Gasteiger partial charge in [-0.1, -0.05) is 26.2 Å². The third-order valence-electron chi connectivity index (χ3n) is 2.73. The van der Waals surface area contributed by atoms with E-state index in [9.17, 15) is 15.0 Å². The van der Waals surface area contributed by atoms with Crippen LogP contribution in [0.5, 0.6) is 0 Å². The van der Waals surface area contributed by atoms with Crippen LogP contribution in [0.15, 0.2) is 0 Å². The average molecular weight is 232 g/mol. The van der Waals surface area contributed by atoms with Crippen molar-refractivity contribution in [1.82, 2.24) is 0 Å². The van der Waals surface area contributed by atoms with Gasteiger partial charge in [-0.25, -0.2) is 4.79 Å². The number of ether oxygens (including phenoxy) is 1. The molecule has 0 fully saturated rings. The fraction of sp³-hybridized carbons (Fsp3) is 0.917. The van der Waals surface area contributed by atoms with Gasteiger partial charge in [0.05, 0.1) is 12.7 Å². The van der Waals surface area contributed by atoms with Gasteiger partial charge in [0.2, 0.25) is 0 Å². The number of carbonyl (C=O) groups excluding carboxylic acids is 1. The van der Waals surface area contributed by atoms with Gasteiger partial charge in [0, 0.05) is 0 Å². The number of esters is 1. The molecule has 0 aliphatic rings. The van der Waals surface area contributed by atoms with E-state index in [0.717, 1.165) is 19.3 Å². The van der Waals surface area contributed by atoms with Crippen molar-refractivity contribution < 1.29 is 19.7 Å². The molecule has 4 heteroatoms. The van der Waals surface area contributed by atoms with Crippen molar-refractivity contribution in [1.29, 1.82) is 0 Å². The summed E-state index contributed by atoms with van der Waals surface area (Å²) in [4.78, 5) is 11.5. The molecular weight excluding hydrogens is 208 g/mol. The smallest absolute Gasteiger partial charge is 0.340 e. The van der Waals surface area contributed by atoms with Crippen LogP contribution in [0.3, 0.4) is 0 Å². The van der Waals surface area contributed by atoms with E-state index in [0.29, 0.717) is 6.42 Å². The van der Waals surface area contributed by atoms with Crippen LogP contribution >= 0.6 is 0 Å². The van der Waals surface area contributed by atoms with Crippen molar-refractivity contribution in [3.05, 3.63) is 0 Å². The zero-order valence-corrected chi connectivity index (χ0v) is 10.5. The summed E-state index contributed by atoms with van der Waals surface area (Å²) in [7, 11) is 0. The first-order chi connectivity index (χ1) is 7.49. The summed E-state index contributed by atoms with van der Waals surface area (Å²) < 4.78 is 4.78. The lowest BCUT2D eigenvalue weighted by atomic mass is 9.91. The lowest BCUT2D eigenvalue weighted by molar-refractivity contribution is -0.177. The number of carbonyl (C=O) groups is 1. The Kier molecular flexibility index (Phi) is 7.34. The maximum absolute atomic E-state index is 11.5. The molecule has 0 bridgehead atoms. The molecular formula is C12H24O4. The van der Waals surface area contributed by atoms with Crippen LogP contribution in [-0.2, 0) is 9.53 Å². The molecule has 0 saturated carbocycles. The maximum atomic E-state index is 11.5. The van der Waals surface area contributed by atoms with Crippen LogP contribution in [0, 0.1) is 0 Å². The lowest BCUT2D eigenvalue weighted by Gasteiger charge is -2.28. The average Bonchev–Trinajstić information content (AvgIpc) is 2.24. The molecule has 0 amide bonds. The van der Waals surface area contributed by atoms with E-state index in [4.69, 9.17) is 4.74 Å². The van der Waals surface area contributed by atoms with Crippen molar-refractivity contribution in [2.75, 3.05) is 6.61 Å². The van der Waals surface area contributed by atoms with Gasteiger partial charge >= 0.3 is 5.97 Å². The zero-order valence-electron chi connectivity index (χ0n) is 10.5. The Hall–Kier alpha value is -0.610. The summed E-state index contributed by atoms with van der Waals surface area (Å²) in [5.41, 5.74) is -1.75. The number of rotatable bonds is 8. The van der Waals surface area contributed by atoms with Gasteiger partial charge in [-0.3, -0.25) is 0 Å². The van der Waals surface area contributed by atoms with Crippen LogP contribution in [-0.4, -0.2) is 34.5 Å². The first kappa shape index (κ1) is 15.4. The topological polar surface area (TPSA) is 66.8 Å². The summed E-state index contributed by atoms with van der Waals surface area (Å²) >= 11 is 0. The molecule has 0 heterocycles. The minimum absolute atomic E-state index is 0.211. The number of hydrogen-bond acceptors (Lipinski definition) is 4. The van der Waals surface area contributed by atoms with Gasteiger partial charge in [-0.05, 0) is 26.7 Å². The second-order valence-electron chi connectivity index (χ2n) is 4.13. The molecule has 0 aromatic heterocycles. The van der Waals surface area contributed by atoms with Crippen molar-refractivity contribution in [2.45, 2.75) is 64.6 Å². The summed E-state index contributed by atoms with van der Waals surface area (Å²) in [6.07, 6.45) is 2.97. The molecule has 0 aliphatic heterocycles. The molecule has 2 N–H and O–H groups in total. The molecule has 2 unspecified atom stereocenters. The second-order valence-corrected chi connectivity index (χ2v) is 4.13. The Morgan fingerprint density at radius 3 is 2.38 bits per heavy atom. The Morgan fingerprint density at radius 1 is 1.31 bits per heavy atom. The van der Waals surface area contributed by atoms with Gasteiger partial charge in [0.25, 0.3) is 0 Å². The standard InChI is InChI=1S/C12H24O4/c1-4-6-7-8-9-12(15,10(3)13)11(14)16-5-2/h10,13,15H,4-9H2,1-3H3. The molecule has 0 radical (unpaired) electrons. The van der Waals surface area contributed by atoms with E-state index in [-0.39, 0.29) is 13.0 Å². The summed E-state index contributed by atoms with van der Waals surface area (Å²) in [6, 6.07) is 0. The van der Waals surface area contributed by atoms with Crippen molar-refractivity contribution in [3.8, 4) is 0 Å². The number of unbranched alkanes of at least 4 members (excludes halogenated alkanes) is 3. The van der Waals surface area contributed by atoms with E-state index in [1.54, 1.807) is 6.92 Å². The highest BCUT2D eigenvalue weighted by Gasteiger charge is 2.41. The second kappa shape index (κ2) is 7.63. The quantitative estimate of drug-likeness (QED) is 0.493. The molecule has 0 rings (SSSR count). The molecule has 0 aromatic carbocycles. The summed E-state index contributed by atoms with van der Waals surface area (Å²) in [5.74, 6) is -0.721. The minimum atomic E-state index is -1.75. The van der Waals surface area contributed by atoms with Crippen LogP contribution < -0.4 is 0 Å². The van der Waals surface area contributed by atoms with Crippen LogP contribution in [0.4, 0.5) is 0 Å². The van der Waals surface area contributed by atoms with E-state index in [1.165, 1.54) is 6.92 Å². The minimum Gasteiger partial charge on any atom is -0.464 e. The van der Waals surface area contributed by atoms with Crippen LogP contribution in [0.2, 0.25) is 0 Å². The Labute approximate surface area is 97.6 Å². The van der Waals surface area contributed by atoms with E-state index in [2.05, 4.69) is 6.92 Å². The lowest BCUT2D eigenvalue weighted by Crippen LogP contribution is -2.49. The first-order valence-electron chi connectivity index (χ1n) is 6.06. The van der Waals surface area contributed by atoms with Gasteiger partial charge in [0.15, 0.2) is 5.60 Å². The predicted octanol–water partition coefficient (Wildman–Crippen LogP) is 1.63. The molecule has 4 nitrogen and oxygen atoms in total. The van der Waals surface area contributed by atoms with Crippen LogP contribution in [0.25, 0.3) is 0 Å². The molecule has 96 valence electrons. The van der Waals surface area contributed by atoms with E-state index in [1.807, 2.05) is 0 Å². The predicted molar refractivity (Wildman–Crippen MR) is 62.0 cm³/mol. The molecule has 0 spiro atoms. The zero-order chi connectivity index (χ0) is 12.6. The van der Waals surface area contributed by atoms with Crippen molar-refractivity contribution in [2.24, 2.45) is 0 Å². The van der Waals surface area contributed by atoms with Gasteiger partial charge in [-0.2, -0.15) is 0 Å². The molecule has 0 aromatic rings. The summed E-state index contributed by atoms with van der Waals surface area (Å²) in [5, 5.41) is 19.5. The Morgan fingerprint density at radius 2 is 1.94 bits per heavy atom. The van der Waals surface area contributed by atoms with Crippen LogP contribution in [0.1, 0.15) is 52.9 Å². The SMILES string of the molecule is CCCCCCC(O)(C(=O)OCC)C(C)O. The fourth-order valence-corrected chi connectivity index (χ4v) is 1.56. The van der Waals surface area contributed by atoms with Gasteiger partial charge < -0.3 is 14.9 Å². The first-order valence-corrected chi connectivity index (χ1v) is 6.06. The van der Waals surface area contributed by atoms with Gasteiger partial charge in [0.1, 0.15) is 0 Å². The third kappa shape index (κ3) is 4.49. The van der Waals surface area contributed by atoms with E-state index < -0.39 is 17.7 Å². The van der Waals surface area contributed by atoms with Crippen molar-refractivity contribution in [3.63, 3.8) is 0 Å². The fourth-order valence-electron chi connectivity index (χ4n) is 1.56. The summed E-state index contributed by atoms with van der Waals surface area (Å²) in [6.45, 7) is 5.39. The number of hydrogen-bond donors (Lipinski definition) is 2.